The maximum atomic E-state index is 13.4. The molecule has 3 nitrogen and oxygen atoms in total. The minimum absolute atomic E-state index is 0.0317. The molecular formula is C13H8ClF3N2O. The number of benzene rings is 2. The molecule has 0 aliphatic carbocycles. The summed E-state index contributed by atoms with van der Waals surface area (Å²) < 4.78 is 39.4. The van der Waals surface area contributed by atoms with E-state index in [4.69, 9.17) is 17.3 Å². The average Bonchev–Trinajstić information content (AvgIpc) is 2.38. The Morgan fingerprint density at radius 1 is 1.15 bits per heavy atom. The molecule has 7 heteroatoms. The topological polar surface area (TPSA) is 55.1 Å². The molecule has 0 bridgehead atoms. The van der Waals surface area contributed by atoms with Gasteiger partial charge in [-0.3, -0.25) is 4.79 Å². The molecule has 20 heavy (non-hydrogen) atoms. The smallest absolute Gasteiger partial charge is 0.257 e. The fraction of sp³-hybridized carbons (Fsp3) is 0. The van der Waals surface area contributed by atoms with Crippen LogP contribution >= 0.6 is 11.6 Å². The zero-order chi connectivity index (χ0) is 14.9. The van der Waals surface area contributed by atoms with Gasteiger partial charge < -0.3 is 11.1 Å². The molecule has 0 unspecified atom stereocenters. The van der Waals surface area contributed by atoms with Crippen molar-refractivity contribution in [3.8, 4) is 0 Å². The first-order chi connectivity index (χ1) is 9.38. The van der Waals surface area contributed by atoms with Crippen molar-refractivity contribution in [2.45, 2.75) is 0 Å². The van der Waals surface area contributed by atoms with Gasteiger partial charge in [-0.2, -0.15) is 0 Å². The maximum absolute atomic E-state index is 13.4. The van der Waals surface area contributed by atoms with Gasteiger partial charge in [-0.15, -0.1) is 0 Å². The molecule has 2 aromatic rings. The standard InChI is InChI=1S/C13H8ClF3N2O/c14-9-2-1-7(18)5-8(9)13(20)19-11-4-6(15)3-10(16)12(11)17/h1-5H,18H2,(H,19,20). The molecule has 2 rings (SSSR count). The lowest BCUT2D eigenvalue weighted by Crippen LogP contribution is -2.14. The lowest BCUT2D eigenvalue weighted by Gasteiger charge is -2.09. The highest BCUT2D eigenvalue weighted by Crippen LogP contribution is 2.23. The van der Waals surface area contributed by atoms with E-state index in [1.165, 1.54) is 18.2 Å². The Bertz CT molecular complexity index is 692. The van der Waals surface area contributed by atoms with E-state index in [-0.39, 0.29) is 16.3 Å². The van der Waals surface area contributed by atoms with E-state index >= 15 is 0 Å². The summed E-state index contributed by atoms with van der Waals surface area (Å²) in [4.78, 5) is 11.9. The Labute approximate surface area is 117 Å². The number of carbonyl (C=O) groups excluding carboxylic acids is 1. The van der Waals surface area contributed by atoms with E-state index in [2.05, 4.69) is 0 Å². The minimum Gasteiger partial charge on any atom is -0.399 e. The van der Waals surface area contributed by atoms with E-state index < -0.39 is 29.0 Å². The predicted molar refractivity (Wildman–Crippen MR) is 70.1 cm³/mol. The summed E-state index contributed by atoms with van der Waals surface area (Å²) in [5.74, 6) is -4.61. The highest BCUT2D eigenvalue weighted by Gasteiger charge is 2.16. The van der Waals surface area contributed by atoms with Crippen LogP contribution in [0.2, 0.25) is 5.02 Å². The van der Waals surface area contributed by atoms with Crippen LogP contribution in [0.25, 0.3) is 0 Å². The van der Waals surface area contributed by atoms with Crippen LogP contribution in [0.1, 0.15) is 10.4 Å². The predicted octanol–water partition coefficient (Wildman–Crippen LogP) is 3.59. The minimum atomic E-state index is -1.40. The molecule has 0 fully saturated rings. The Hall–Kier alpha value is -2.21. The van der Waals surface area contributed by atoms with Crippen molar-refractivity contribution in [1.82, 2.24) is 0 Å². The second-order valence-corrected chi connectivity index (χ2v) is 4.35. The largest absolute Gasteiger partial charge is 0.399 e. The van der Waals surface area contributed by atoms with Gasteiger partial charge in [0.1, 0.15) is 5.82 Å². The molecule has 3 N–H and O–H groups in total. The number of nitrogens with two attached hydrogens (primary N) is 1. The Morgan fingerprint density at radius 3 is 2.55 bits per heavy atom. The van der Waals surface area contributed by atoms with Gasteiger partial charge in [-0.1, -0.05) is 11.6 Å². The van der Waals surface area contributed by atoms with Crippen LogP contribution in [0.4, 0.5) is 24.5 Å². The normalized spacial score (nSPS) is 10.4. The van der Waals surface area contributed by atoms with E-state index in [0.29, 0.717) is 12.1 Å². The maximum Gasteiger partial charge on any atom is 0.257 e. The number of amides is 1. The molecule has 0 aliphatic heterocycles. The number of nitrogens with one attached hydrogen (secondary N) is 1. The summed E-state index contributed by atoms with van der Waals surface area (Å²) >= 11 is 5.80. The monoisotopic (exact) mass is 300 g/mol. The van der Waals surface area contributed by atoms with Gasteiger partial charge in [0, 0.05) is 17.8 Å². The number of hydrogen-bond donors (Lipinski definition) is 2. The number of carbonyl (C=O) groups is 1. The zero-order valence-electron chi connectivity index (χ0n) is 9.88. The van der Waals surface area contributed by atoms with Crippen molar-refractivity contribution in [1.29, 1.82) is 0 Å². The van der Waals surface area contributed by atoms with Crippen molar-refractivity contribution in [2.75, 3.05) is 11.1 Å². The second-order valence-electron chi connectivity index (χ2n) is 3.94. The summed E-state index contributed by atoms with van der Waals surface area (Å²) in [7, 11) is 0. The van der Waals surface area contributed by atoms with E-state index in [0.717, 1.165) is 0 Å². The second kappa shape index (κ2) is 5.42. The molecule has 0 saturated heterocycles. The van der Waals surface area contributed by atoms with Crippen molar-refractivity contribution in [3.63, 3.8) is 0 Å². The molecule has 0 heterocycles. The Balaban J connectivity index is 2.35. The number of hydrogen-bond acceptors (Lipinski definition) is 2. The van der Waals surface area contributed by atoms with Gasteiger partial charge in [0.15, 0.2) is 11.6 Å². The first kappa shape index (κ1) is 14.2. The first-order valence-corrected chi connectivity index (χ1v) is 5.77. The van der Waals surface area contributed by atoms with Crippen LogP contribution in [0.5, 0.6) is 0 Å². The summed E-state index contributed by atoms with van der Waals surface area (Å²) in [6, 6.07) is 5.16. The number of nitrogen functional groups attached to an aromatic ring is 1. The van der Waals surface area contributed by atoms with Gasteiger partial charge in [-0.05, 0) is 18.2 Å². The molecule has 0 spiro atoms. The van der Waals surface area contributed by atoms with Gasteiger partial charge in [-0.25, -0.2) is 13.2 Å². The van der Waals surface area contributed by atoms with Gasteiger partial charge in [0.25, 0.3) is 5.91 Å². The third-order valence-corrected chi connectivity index (χ3v) is 2.81. The van der Waals surface area contributed by atoms with Crippen molar-refractivity contribution in [2.24, 2.45) is 0 Å². The zero-order valence-corrected chi connectivity index (χ0v) is 10.6. The third-order valence-electron chi connectivity index (χ3n) is 2.48. The van der Waals surface area contributed by atoms with E-state index in [9.17, 15) is 18.0 Å². The molecule has 2 aromatic carbocycles. The van der Waals surface area contributed by atoms with Crippen LogP contribution in [0.15, 0.2) is 30.3 Å². The van der Waals surface area contributed by atoms with Gasteiger partial charge >= 0.3 is 0 Å². The highest BCUT2D eigenvalue weighted by molar-refractivity contribution is 6.34. The van der Waals surface area contributed by atoms with Crippen LogP contribution in [-0.4, -0.2) is 5.91 Å². The summed E-state index contributed by atoms with van der Waals surface area (Å²) in [6.07, 6.45) is 0. The van der Waals surface area contributed by atoms with Gasteiger partial charge in [0.2, 0.25) is 0 Å². The Kier molecular flexibility index (Phi) is 3.85. The van der Waals surface area contributed by atoms with Crippen LogP contribution in [0.3, 0.4) is 0 Å². The third kappa shape index (κ3) is 2.85. The van der Waals surface area contributed by atoms with Crippen molar-refractivity contribution in [3.05, 3.63) is 58.4 Å². The number of halogens is 4. The van der Waals surface area contributed by atoms with E-state index in [1.807, 2.05) is 5.32 Å². The van der Waals surface area contributed by atoms with Crippen LogP contribution in [0, 0.1) is 17.5 Å². The highest BCUT2D eigenvalue weighted by atomic mass is 35.5. The summed E-state index contributed by atoms with van der Waals surface area (Å²) in [5, 5.41) is 2.12. The van der Waals surface area contributed by atoms with Gasteiger partial charge in [0.05, 0.1) is 16.3 Å². The molecule has 104 valence electrons. The summed E-state index contributed by atoms with van der Waals surface area (Å²) in [5.41, 5.74) is 5.12. The molecular weight excluding hydrogens is 293 g/mol. The lowest BCUT2D eigenvalue weighted by molar-refractivity contribution is 0.102. The quantitative estimate of drug-likeness (QED) is 0.658. The van der Waals surface area contributed by atoms with Crippen LogP contribution in [-0.2, 0) is 0 Å². The fourth-order valence-corrected chi connectivity index (χ4v) is 1.76. The average molecular weight is 301 g/mol. The van der Waals surface area contributed by atoms with Crippen molar-refractivity contribution < 1.29 is 18.0 Å². The SMILES string of the molecule is Nc1ccc(Cl)c(C(=O)Nc2cc(F)cc(F)c2F)c1. The molecule has 0 atom stereocenters. The molecule has 0 aliphatic rings. The molecule has 1 amide bonds. The van der Waals surface area contributed by atoms with Crippen molar-refractivity contribution >= 4 is 28.9 Å². The van der Waals surface area contributed by atoms with E-state index in [1.54, 1.807) is 0 Å². The number of anilines is 2. The molecule has 0 radical (unpaired) electrons. The lowest BCUT2D eigenvalue weighted by atomic mass is 10.2. The first-order valence-electron chi connectivity index (χ1n) is 5.39. The Morgan fingerprint density at radius 2 is 1.85 bits per heavy atom. The molecule has 0 aromatic heterocycles. The molecule has 0 saturated carbocycles. The van der Waals surface area contributed by atoms with Crippen LogP contribution < -0.4 is 11.1 Å². The fourth-order valence-electron chi connectivity index (χ4n) is 1.55. The summed E-state index contributed by atoms with van der Waals surface area (Å²) in [6.45, 7) is 0. The number of rotatable bonds is 2.